The van der Waals surface area contributed by atoms with E-state index in [-0.39, 0.29) is 6.10 Å². The second-order valence-corrected chi connectivity index (χ2v) is 5.35. The lowest BCUT2D eigenvalue weighted by atomic mass is 10.2. The second kappa shape index (κ2) is 5.80. The largest absolute Gasteiger partial charge is 0.373 e. The Labute approximate surface area is 106 Å². The third-order valence-electron chi connectivity index (χ3n) is 2.72. The van der Waals surface area contributed by atoms with Crippen LogP contribution in [0.5, 0.6) is 0 Å². The number of nitrogens with one attached hydrogen (secondary N) is 1. The Bertz CT molecular complexity index is 321. The molecule has 1 fully saturated rings. The van der Waals surface area contributed by atoms with Gasteiger partial charge >= 0.3 is 0 Å². The molecule has 2 nitrogen and oxygen atoms in total. The van der Waals surface area contributed by atoms with Crippen molar-refractivity contribution in [2.24, 2.45) is 0 Å². The Hall–Kier alpha value is -0.380. The highest BCUT2D eigenvalue weighted by atomic mass is 79.9. The molecule has 16 heavy (non-hydrogen) atoms. The number of hydrogen-bond donors (Lipinski definition) is 1. The van der Waals surface area contributed by atoms with Gasteiger partial charge in [0.15, 0.2) is 0 Å². The lowest BCUT2D eigenvalue weighted by Gasteiger charge is -2.13. The van der Waals surface area contributed by atoms with Gasteiger partial charge in [-0.2, -0.15) is 0 Å². The van der Waals surface area contributed by atoms with Crippen LogP contribution in [0.15, 0.2) is 28.7 Å². The van der Waals surface area contributed by atoms with Crippen molar-refractivity contribution in [1.29, 1.82) is 0 Å². The number of benzene rings is 1. The van der Waals surface area contributed by atoms with Crippen LogP contribution in [-0.4, -0.2) is 18.7 Å². The SMILES string of the molecule is CC(CNC1CC1)OCc1ccc(Br)cc1. The summed E-state index contributed by atoms with van der Waals surface area (Å²) in [6.45, 7) is 3.77. The van der Waals surface area contributed by atoms with E-state index in [9.17, 15) is 0 Å². The maximum absolute atomic E-state index is 5.77. The van der Waals surface area contributed by atoms with Gasteiger partial charge in [-0.25, -0.2) is 0 Å². The second-order valence-electron chi connectivity index (χ2n) is 4.43. The summed E-state index contributed by atoms with van der Waals surface area (Å²) in [6, 6.07) is 9.03. The molecule has 1 N–H and O–H groups in total. The minimum atomic E-state index is 0.282. The van der Waals surface area contributed by atoms with E-state index in [0.29, 0.717) is 6.61 Å². The smallest absolute Gasteiger partial charge is 0.0721 e. The quantitative estimate of drug-likeness (QED) is 0.866. The van der Waals surface area contributed by atoms with Crippen molar-refractivity contribution in [3.63, 3.8) is 0 Å². The molecule has 88 valence electrons. The van der Waals surface area contributed by atoms with E-state index in [4.69, 9.17) is 4.74 Å². The third kappa shape index (κ3) is 4.24. The molecule has 0 heterocycles. The molecule has 3 heteroatoms. The predicted molar refractivity (Wildman–Crippen MR) is 69.4 cm³/mol. The third-order valence-corrected chi connectivity index (χ3v) is 3.25. The first kappa shape index (κ1) is 12.1. The highest BCUT2D eigenvalue weighted by Crippen LogP contribution is 2.18. The van der Waals surface area contributed by atoms with Crippen LogP contribution < -0.4 is 5.32 Å². The van der Waals surface area contributed by atoms with Gasteiger partial charge in [0.2, 0.25) is 0 Å². The van der Waals surface area contributed by atoms with Gasteiger partial charge in [-0.15, -0.1) is 0 Å². The van der Waals surface area contributed by atoms with Gasteiger partial charge in [0.1, 0.15) is 0 Å². The Balaban J connectivity index is 1.67. The maximum Gasteiger partial charge on any atom is 0.0721 e. The minimum Gasteiger partial charge on any atom is -0.373 e. The molecule has 1 aromatic rings. The topological polar surface area (TPSA) is 21.3 Å². The lowest BCUT2D eigenvalue weighted by molar-refractivity contribution is 0.0530. The summed E-state index contributed by atoms with van der Waals surface area (Å²) in [4.78, 5) is 0. The predicted octanol–water partition coefficient (Wildman–Crippen LogP) is 3.11. The van der Waals surface area contributed by atoms with Crippen molar-refractivity contribution in [2.45, 2.75) is 38.5 Å². The number of ether oxygens (including phenoxy) is 1. The molecule has 0 bridgehead atoms. The minimum absolute atomic E-state index is 0.282. The molecule has 1 aliphatic carbocycles. The van der Waals surface area contributed by atoms with E-state index in [1.807, 2.05) is 12.1 Å². The first-order valence-electron chi connectivity index (χ1n) is 5.83. The first-order chi connectivity index (χ1) is 7.74. The number of halogens is 1. The summed E-state index contributed by atoms with van der Waals surface area (Å²) in [6.07, 6.45) is 2.95. The molecule has 2 rings (SSSR count). The molecule has 0 spiro atoms. The molecule has 0 radical (unpaired) electrons. The average molecular weight is 284 g/mol. The van der Waals surface area contributed by atoms with Crippen molar-refractivity contribution < 1.29 is 4.74 Å². The van der Waals surface area contributed by atoms with Gasteiger partial charge in [-0.3, -0.25) is 0 Å². The van der Waals surface area contributed by atoms with Gasteiger partial charge in [-0.1, -0.05) is 28.1 Å². The van der Waals surface area contributed by atoms with E-state index < -0.39 is 0 Å². The highest BCUT2D eigenvalue weighted by Gasteiger charge is 2.20. The summed E-state index contributed by atoms with van der Waals surface area (Å²) in [5.74, 6) is 0. The highest BCUT2D eigenvalue weighted by molar-refractivity contribution is 9.10. The van der Waals surface area contributed by atoms with Crippen LogP contribution in [0.3, 0.4) is 0 Å². The van der Waals surface area contributed by atoms with Crippen LogP contribution in [0.2, 0.25) is 0 Å². The zero-order valence-corrected chi connectivity index (χ0v) is 11.2. The number of rotatable bonds is 6. The van der Waals surface area contributed by atoms with Gasteiger partial charge in [-0.05, 0) is 37.5 Å². The van der Waals surface area contributed by atoms with Crippen molar-refractivity contribution in [1.82, 2.24) is 5.32 Å². The van der Waals surface area contributed by atoms with E-state index in [0.717, 1.165) is 17.1 Å². The van der Waals surface area contributed by atoms with Crippen LogP contribution in [0.1, 0.15) is 25.3 Å². The van der Waals surface area contributed by atoms with Crippen molar-refractivity contribution >= 4 is 15.9 Å². The zero-order valence-electron chi connectivity index (χ0n) is 9.58. The standard InChI is InChI=1S/C13H18BrNO/c1-10(8-15-13-6-7-13)16-9-11-2-4-12(14)5-3-11/h2-5,10,13,15H,6-9H2,1H3. The van der Waals surface area contributed by atoms with Gasteiger partial charge in [0.05, 0.1) is 12.7 Å². The van der Waals surface area contributed by atoms with Crippen LogP contribution in [-0.2, 0) is 11.3 Å². The summed E-state index contributed by atoms with van der Waals surface area (Å²) in [5.41, 5.74) is 1.22. The zero-order chi connectivity index (χ0) is 11.4. The lowest BCUT2D eigenvalue weighted by Crippen LogP contribution is -2.28. The molecule has 0 saturated heterocycles. The fourth-order valence-electron chi connectivity index (χ4n) is 1.50. The Kier molecular flexibility index (Phi) is 4.38. The van der Waals surface area contributed by atoms with E-state index in [1.165, 1.54) is 18.4 Å². The van der Waals surface area contributed by atoms with Gasteiger partial charge < -0.3 is 10.1 Å². The molecule has 1 unspecified atom stereocenters. The summed E-state index contributed by atoms with van der Waals surface area (Å²) in [7, 11) is 0. The van der Waals surface area contributed by atoms with Crippen LogP contribution in [0, 0.1) is 0 Å². The maximum atomic E-state index is 5.77. The van der Waals surface area contributed by atoms with Crippen molar-refractivity contribution in [3.05, 3.63) is 34.3 Å². The van der Waals surface area contributed by atoms with Crippen molar-refractivity contribution in [3.8, 4) is 0 Å². The summed E-state index contributed by atoms with van der Waals surface area (Å²) < 4.78 is 6.88. The molecule has 1 aromatic carbocycles. The van der Waals surface area contributed by atoms with Gasteiger partial charge in [0.25, 0.3) is 0 Å². The molecule has 0 aliphatic heterocycles. The summed E-state index contributed by atoms with van der Waals surface area (Å²) in [5, 5.41) is 3.47. The Morgan fingerprint density at radius 2 is 2.06 bits per heavy atom. The van der Waals surface area contributed by atoms with E-state index >= 15 is 0 Å². The van der Waals surface area contributed by atoms with E-state index in [1.54, 1.807) is 0 Å². The van der Waals surface area contributed by atoms with E-state index in [2.05, 4.69) is 40.3 Å². The molecule has 1 aliphatic rings. The monoisotopic (exact) mass is 283 g/mol. The summed E-state index contributed by atoms with van der Waals surface area (Å²) >= 11 is 3.42. The molecule has 1 saturated carbocycles. The normalized spacial score (nSPS) is 17.4. The first-order valence-corrected chi connectivity index (χ1v) is 6.63. The van der Waals surface area contributed by atoms with Crippen LogP contribution >= 0.6 is 15.9 Å². The Morgan fingerprint density at radius 1 is 1.38 bits per heavy atom. The van der Waals surface area contributed by atoms with Gasteiger partial charge in [0, 0.05) is 17.1 Å². The molecule has 0 aromatic heterocycles. The number of hydrogen-bond acceptors (Lipinski definition) is 2. The molecular weight excluding hydrogens is 266 g/mol. The van der Waals surface area contributed by atoms with Crippen molar-refractivity contribution in [2.75, 3.05) is 6.54 Å². The Morgan fingerprint density at radius 3 is 2.69 bits per heavy atom. The fraction of sp³-hybridized carbons (Fsp3) is 0.538. The fourth-order valence-corrected chi connectivity index (χ4v) is 1.76. The van der Waals surface area contributed by atoms with Crippen LogP contribution in [0.25, 0.3) is 0 Å². The average Bonchev–Trinajstić information content (AvgIpc) is 3.09. The molecule has 1 atom stereocenters. The molecular formula is C13H18BrNO. The van der Waals surface area contributed by atoms with Crippen LogP contribution in [0.4, 0.5) is 0 Å². The molecule has 0 amide bonds.